The van der Waals surface area contributed by atoms with E-state index in [2.05, 4.69) is 0 Å². The molecule has 0 N–H and O–H groups in total. The Balaban J connectivity index is 2.08. The molecule has 7 nitrogen and oxygen atoms in total. The SMILES string of the molecule is COC(=O)[C@H]1CCCN(C(=O)CCc2ccc(OC)cc2)[C@H]1C(=O)OC. The first kappa shape index (κ1) is 19.8. The van der Waals surface area contributed by atoms with E-state index < -0.39 is 23.9 Å². The van der Waals surface area contributed by atoms with E-state index in [-0.39, 0.29) is 12.3 Å². The number of benzene rings is 1. The van der Waals surface area contributed by atoms with Gasteiger partial charge in [-0.2, -0.15) is 0 Å². The van der Waals surface area contributed by atoms with Crippen molar-refractivity contribution in [2.45, 2.75) is 31.7 Å². The molecule has 26 heavy (non-hydrogen) atoms. The molecular formula is C19H25NO6. The second kappa shape index (κ2) is 9.22. The Bertz CT molecular complexity index is 642. The van der Waals surface area contributed by atoms with E-state index in [4.69, 9.17) is 14.2 Å². The number of aryl methyl sites for hydroxylation is 1. The summed E-state index contributed by atoms with van der Waals surface area (Å²) < 4.78 is 14.7. The summed E-state index contributed by atoms with van der Waals surface area (Å²) in [5.41, 5.74) is 0.996. The fraction of sp³-hybridized carbons (Fsp3) is 0.526. The third kappa shape index (κ3) is 4.53. The third-order valence-electron chi connectivity index (χ3n) is 4.68. The van der Waals surface area contributed by atoms with Gasteiger partial charge < -0.3 is 19.1 Å². The summed E-state index contributed by atoms with van der Waals surface area (Å²) in [5.74, 6) is -1.19. The van der Waals surface area contributed by atoms with Gasteiger partial charge in [-0.15, -0.1) is 0 Å². The van der Waals surface area contributed by atoms with Crippen LogP contribution >= 0.6 is 0 Å². The molecule has 2 rings (SSSR count). The van der Waals surface area contributed by atoms with E-state index in [0.29, 0.717) is 25.8 Å². The number of esters is 2. The van der Waals surface area contributed by atoms with Crippen molar-refractivity contribution in [2.75, 3.05) is 27.9 Å². The van der Waals surface area contributed by atoms with Crippen LogP contribution in [0, 0.1) is 5.92 Å². The third-order valence-corrected chi connectivity index (χ3v) is 4.68. The van der Waals surface area contributed by atoms with Gasteiger partial charge in [0.2, 0.25) is 5.91 Å². The number of rotatable bonds is 6. The Labute approximate surface area is 153 Å². The van der Waals surface area contributed by atoms with Crippen LogP contribution in [0.25, 0.3) is 0 Å². The molecule has 7 heteroatoms. The highest BCUT2D eigenvalue weighted by Gasteiger charge is 2.44. The van der Waals surface area contributed by atoms with E-state index in [1.165, 1.54) is 19.1 Å². The van der Waals surface area contributed by atoms with Gasteiger partial charge in [-0.05, 0) is 37.0 Å². The highest BCUT2D eigenvalue weighted by molar-refractivity contribution is 5.89. The summed E-state index contributed by atoms with van der Waals surface area (Å²) >= 11 is 0. The summed E-state index contributed by atoms with van der Waals surface area (Å²) in [5, 5.41) is 0. The lowest BCUT2D eigenvalue weighted by atomic mass is 9.88. The number of carbonyl (C=O) groups is 3. The van der Waals surface area contributed by atoms with Crippen LogP contribution < -0.4 is 4.74 Å². The maximum atomic E-state index is 12.7. The van der Waals surface area contributed by atoms with Gasteiger partial charge in [-0.25, -0.2) is 4.79 Å². The topological polar surface area (TPSA) is 82.1 Å². The second-order valence-corrected chi connectivity index (χ2v) is 6.18. The van der Waals surface area contributed by atoms with E-state index in [1.54, 1.807) is 7.11 Å². The average molecular weight is 363 g/mol. The number of ether oxygens (including phenoxy) is 3. The Hall–Kier alpha value is -2.57. The van der Waals surface area contributed by atoms with Crippen molar-refractivity contribution in [2.24, 2.45) is 5.92 Å². The standard InChI is InChI=1S/C19H25NO6/c1-24-14-9-6-13(7-10-14)8-11-16(21)20-12-4-5-15(18(22)25-2)17(20)19(23)26-3/h6-7,9-10,15,17H,4-5,8,11-12H2,1-3H3/t15-,17+/m0/s1. The summed E-state index contributed by atoms with van der Waals surface area (Å²) in [6.07, 6.45) is 1.92. The van der Waals surface area contributed by atoms with Gasteiger partial charge in [-0.1, -0.05) is 12.1 Å². The predicted molar refractivity (Wildman–Crippen MR) is 93.6 cm³/mol. The zero-order valence-electron chi connectivity index (χ0n) is 15.4. The molecule has 2 atom stereocenters. The van der Waals surface area contributed by atoms with Crippen molar-refractivity contribution >= 4 is 17.8 Å². The van der Waals surface area contributed by atoms with Crippen LogP contribution in [0.2, 0.25) is 0 Å². The van der Waals surface area contributed by atoms with Crippen LogP contribution in [0.15, 0.2) is 24.3 Å². The van der Waals surface area contributed by atoms with E-state index in [0.717, 1.165) is 11.3 Å². The first-order valence-electron chi connectivity index (χ1n) is 8.59. The molecule has 1 aromatic carbocycles. The fourth-order valence-electron chi connectivity index (χ4n) is 3.27. The Morgan fingerprint density at radius 2 is 1.69 bits per heavy atom. The van der Waals surface area contributed by atoms with E-state index in [9.17, 15) is 14.4 Å². The second-order valence-electron chi connectivity index (χ2n) is 6.18. The molecule has 1 aliphatic rings. The monoisotopic (exact) mass is 363 g/mol. The van der Waals surface area contributed by atoms with Gasteiger partial charge in [0.25, 0.3) is 0 Å². The fourth-order valence-corrected chi connectivity index (χ4v) is 3.27. The molecule has 142 valence electrons. The molecule has 1 heterocycles. The van der Waals surface area contributed by atoms with Crippen LogP contribution in [-0.2, 0) is 30.3 Å². The van der Waals surface area contributed by atoms with Crippen molar-refractivity contribution in [1.29, 1.82) is 0 Å². The Morgan fingerprint density at radius 3 is 2.27 bits per heavy atom. The molecule has 0 spiro atoms. The van der Waals surface area contributed by atoms with Crippen molar-refractivity contribution in [1.82, 2.24) is 4.90 Å². The lowest BCUT2D eigenvalue weighted by Gasteiger charge is -2.38. The number of carbonyl (C=O) groups excluding carboxylic acids is 3. The highest BCUT2D eigenvalue weighted by atomic mass is 16.5. The van der Waals surface area contributed by atoms with Gasteiger partial charge in [0.05, 0.1) is 27.2 Å². The molecule has 0 unspecified atom stereocenters. The van der Waals surface area contributed by atoms with Crippen LogP contribution in [0.3, 0.4) is 0 Å². The molecule has 0 aliphatic carbocycles. The normalized spacial score (nSPS) is 19.6. The first-order chi connectivity index (χ1) is 12.5. The van der Waals surface area contributed by atoms with E-state index >= 15 is 0 Å². The summed E-state index contributed by atoms with van der Waals surface area (Å²) in [6.45, 7) is 0.425. The largest absolute Gasteiger partial charge is 0.497 e. The Kier molecular flexibility index (Phi) is 7.00. The van der Waals surface area contributed by atoms with Crippen molar-refractivity contribution in [3.8, 4) is 5.75 Å². The maximum Gasteiger partial charge on any atom is 0.329 e. The lowest BCUT2D eigenvalue weighted by molar-refractivity contribution is -0.165. The number of hydrogen-bond acceptors (Lipinski definition) is 6. The van der Waals surface area contributed by atoms with Crippen LogP contribution in [-0.4, -0.2) is 56.7 Å². The molecule has 1 aromatic rings. The van der Waals surface area contributed by atoms with Gasteiger partial charge >= 0.3 is 11.9 Å². The minimum Gasteiger partial charge on any atom is -0.497 e. The lowest BCUT2D eigenvalue weighted by Crippen LogP contribution is -2.55. The number of amides is 1. The molecule has 1 amide bonds. The molecular weight excluding hydrogens is 338 g/mol. The molecule has 0 bridgehead atoms. The van der Waals surface area contributed by atoms with Gasteiger partial charge in [-0.3, -0.25) is 9.59 Å². The van der Waals surface area contributed by atoms with Gasteiger partial charge in [0.1, 0.15) is 11.8 Å². The molecule has 0 radical (unpaired) electrons. The first-order valence-corrected chi connectivity index (χ1v) is 8.59. The summed E-state index contributed by atoms with van der Waals surface area (Å²) in [7, 11) is 4.13. The van der Waals surface area contributed by atoms with Crippen molar-refractivity contribution < 1.29 is 28.6 Å². The molecule has 0 aromatic heterocycles. The summed E-state index contributed by atoms with van der Waals surface area (Å²) in [6, 6.07) is 6.55. The quantitative estimate of drug-likeness (QED) is 0.714. The van der Waals surface area contributed by atoms with Crippen molar-refractivity contribution in [3.63, 3.8) is 0 Å². The zero-order valence-corrected chi connectivity index (χ0v) is 15.4. The smallest absolute Gasteiger partial charge is 0.329 e. The zero-order chi connectivity index (χ0) is 19.1. The van der Waals surface area contributed by atoms with Crippen molar-refractivity contribution in [3.05, 3.63) is 29.8 Å². The summed E-state index contributed by atoms with van der Waals surface area (Å²) in [4.78, 5) is 38.4. The number of hydrogen-bond donors (Lipinski definition) is 0. The number of piperidine rings is 1. The number of likely N-dealkylation sites (tertiary alicyclic amines) is 1. The number of methoxy groups -OCH3 is 3. The highest BCUT2D eigenvalue weighted by Crippen LogP contribution is 2.27. The van der Waals surface area contributed by atoms with Gasteiger partial charge in [0.15, 0.2) is 0 Å². The maximum absolute atomic E-state index is 12.7. The van der Waals surface area contributed by atoms with Gasteiger partial charge in [0, 0.05) is 13.0 Å². The Morgan fingerprint density at radius 1 is 1.04 bits per heavy atom. The molecule has 1 fully saturated rings. The van der Waals surface area contributed by atoms with E-state index in [1.807, 2.05) is 24.3 Å². The average Bonchev–Trinajstić information content (AvgIpc) is 2.70. The van der Waals surface area contributed by atoms with Crippen LogP contribution in [0.4, 0.5) is 0 Å². The number of nitrogens with zero attached hydrogens (tertiary/aromatic N) is 1. The molecule has 1 aliphatic heterocycles. The van der Waals surface area contributed by atoms with Crippen LogP contribution in [0.5, 0.6) is 5.75 Å². The molecule has 1 saturated heterocycles. The minimum atomic E-state index is -0.926. The van der Waals surface area contributed by atoms with Crippen LogP contribution in [0.1, 0.15) is 24.8 Å². The molecule has 0 saturated carbocycles. The predicted octanol–water partition coefficient (Wildman–Crippen LogP) is 1.58. The minimum absolute atomic E-state index is 0.176.